The van der Waals surface area contributed by atoms with Gasteiger partial charge in [-0.25, -0.2) is 0 Å². The first-order valence-electron chi connectivity index (χ1n) is 8.88. The maximum Gasteiger partial charge on any atom is 0.227 e. The average molecular weight is 330 g/mol. The molecule has 1 aromatic carbocycles. The van der Waals surface area contributed by atoms with Crippen LogP contribution >= 0.6 is 0 Å². The number of hydrogen-bond donors (Lipinski definition) is 1. The van der Waals surface area contributed by atoms with Crippen LogP contribution in [0.15, 0.2) is 24.3 Å². The van der Waals surface area contributed by atoms with E-state index in [1.807, 2.05) is 23.1 Å². The van der Waals surface area contributed by atoms with E-state index in [0.29, 0.717) is 25.9 Å². The first-order chi connectivity index (χ1) is 11.6. The molecule has 2 amide bonds. The number of para-hydroxylation sites is 1. The smallest absolute Gasteiger partial charge is 0.227 e. The third kappa shape index (κ3) is 3.46. The van der Waals surface area contributed by atoms with Gasteiger partial charge in [0.2, 0.25) is 11.8 Å². The Labute approximate surface area is 143 Å². The Morgan fingerprint density at radius 2 is 2.04 bits per heavy atom. The predicted molar refractivity (Wildman–Crippen MR) is 92.7 cm³/mol. The van der Waals surface area contributed by atoms with E-state index in [0.717, 1.165) is 24.9 Å². The molecule has 2 aliphatic heterocycles. The summed E-state index contributed by atoms with van der Waals surface area (Å²) in [4.78, 5) is 28.6. The minimum atomic E-state index is 0.0801. The van der Waals surface area contributed by atoms with Crippen molar-refractivity contribution in [1.82, 2.24) is 4.90 Å². The summed E-state index contributed by atoms with van der Waals surface area (Å²) in [6, 6.07) is 8.15. The topological polar surface area (TPSA) is 60.9 Å². The van der Waals surface area contributed by atoms with Crippen LogP contribution in [-0.4, -0.2) is 47.6 Å². The van der Waals surface area contributed by atoms with Crippen molar-refractivity contribution in [1.29, 1.82) is 0 Å². The maximum atomic E-state index is 12.6. The lowest BCUT2D eigenvalue weighted by atomic mass is 9.94. The van der Waals surface area contributed by atoms with Crippen LogP contribution in [0.1, 0.15) is 38.2 Å². The molecule has 24 heavy (non-hydrogen) atoms. The van der Waals surface area contributed by atoms with E-state index in [4.69, 9.17) is 0 Å². The van der Waals surface area contributed by atoms with Crippen LogP contribution in [0, 0.1) is 5.92 Å². The monoisotopic (exact) mass is 330 g/mol. The minimum Gasteiger partial charge on any atom is -0.396 e. The van der Waals surface area contributed by atoms with E-state index in [2.05, 4.69) is 13.0 Å². The first kappa shape index (κ1) is 17.0. The van der Waals surface area contributed by atoms with E-state index in [1.54, 1.807) is 4.90 Å². The van der Waals surface area contributed by atoms with Crippen LogP contribution < -0.4 is 4.90 Å². The number of hydrogen-bond acceptors (Lipinski definition) is 3. The number of piperidine rings is 1. The molecule has 0 aliphatic carbocycles. The van der Waals surface area contributed by atoms with Gasteiger partial charge in [-0.3, -0.25) is 9.59 Å². The fraction of sp³-hybridized carbons (Fsp3) is 0.579. The average Bonchev–Trinajstić information content (AvgIpc) is 2.61. The van der Waals surface area contributed by atoms with E-state index in [-0.39, 0.29) is 30.4 Å². The largest absolute Gasteiger partial charge is 0.396 e. The molecule has 1 N–H and O–H groups in total. The number of nitrogens with zero attached hydrogens (tertiary/aromatic N) is 2. The molecule has 2 aliphatic rings. The lowest BCUT2D eigenvalue weighted by Gasteiger charge is -2.38. The van der Waals surface area contributed by atoms with Crippen molar-refractivity contribution in [2.24, 2.45) is 5.92 Å². The van der Waals surface area contributed by atoms with Crippen LogP contribution in [0.4, 0.5) is 5.69 Å². The molecule has 5 heteroatoms. The number of likely N-dealkylation sites (tertiary alicyclic amines) is 1. The van der Waals surface area contributed by atoms with E-state index < -0.39 is 0 Å². The van der Waals surface area contributed by atoms with Gasteiger partial charge in [0, 0.05) is 44.3 Å². The van der Waals surface area contributed by atoms with Crippen molar-refractivity contribution in [2.45, 2.75) is 45.1 Å². The summed E-state index contributed by atoms with van der Waals surface area (Å²) in [6.45, 7) is 3.25. The standard InChI is InChI=1S/C19H26N2O3/c1-14-6-7-15(13-22)12-21(14)19(24)10-11-20-17-5-3-2-4-16(17)8-9-18(20)23/h2-5,14-15,22H,6-13H2,1H3. The molecule has 2 unspecified atom stereocenters. The van der Waals surface area contributed by atoms with Gasteiger partial charge in [-0.15, -0.1) is 0 Å². The Bertz CT molecular complexity index is 616. The summed E-state index contributed by atoms with van der Waals surface area (Å²) >= 11 is 0. The molecule has 3 rings (SSSR count). The summed E-state index contributed by atoms with van der Waals surface area (Å²) in [6.07, 6.45) is 3.53. The van der Waals surface area contributed by atoms with Crippen molar-refractivity contribution in [3.63, 3.8) is 0 Å². The maximum absolute atomic E-state index is 12.6. The second-order valence-corrected chi connectivity index (χ2v) is 6.95. The Morgan fingerprint density at radius 3 is 2.83 bits per heavy atom. The molecule has 0 aromatic heterocycles. The van der Waals surface area contributed by atoms with Gasteiger partial charge in [0.25, 0.3) is 0 Å². The van der Waals surface area contributed by atoms with Crippen LogP contribution in [-0.2, 0) is 16.0 Å². The fourth-order valence-electron chi connectivity index (χ4n) is 3.77. The van der Waals surface area contributed by atoms with Crippen molar-refractivity contribution >= 4 is 17.5 Å². The number of carbonyl (C=O) groups excluding carboxylic acids is 2. The Hall–Kier alpha value is -1.88. The first-order valence-corrected chi connectivity index (χ1v) is 8.88. The normalized spacial score (nSPS) is 24.0. The highest BCUT2D eigenvalue weighted by Gasteiger charge is 2.30. The van der Waals surface area contributed by atoms with Crippen LogP contribution in [0.5, 0.6) is 0 Å². The zero-order valence-corrected chi connectivity index (χ0v) is 14.3. The highest BCUT2D eigenvalue weighted by atomic mass is 16.3. The van der Waals surface area contributed by atoms with Gasteiger partial charge < -0.3 is 14.9 Å². The lowest BCUT2D eigenvalue weighted by Crippen LogP contribution is -2.47. The molecule has 2 atom stereocenters. The highest BCUT2D eigenvalue weighted by molar-refractivity contribution is 5.97. The number of aryl methyl sites for hydroxylation is 1. The van der Waals surface area contributed by atoms with Crippen LogP contribution in [0.3, 0.4) is 0 Å². The zero-order valence-electron chi connectivity index (χ0n) is 14.3. The van der Waals surface area contributed by atoms with Gasteiger partial charge in [-0.1, -0.05) is 18.2 Å². The molecule has 5 nitrogen and oxygen atoms in total. The number of aliphatic hydroxyl groups excluding tert-OH is 1. The van der Waals surface area contributed by atoms with Gasteiger partial charge in [0.15, 0.2) is 0 Å². The Morgan fingerprint density at radius 1 is 1.25 bits per heavy atom. The lowest BCUT2D eigenvalue weighted by molar-refractivity contribution is -0.135. The molecule has 0 radical (unpaired) electrons. The summed E-state index contributed by atoms with van der Waals surface area (Å²) in [5.74, 6) is 0.362. The molecule has 0 bridgehead atoms. The Balaban J connectivity index is 1.65. The number of aliphatic hydroxyl groups is 1. The molecule has 0 saturated carbocycles. The van der Waals surface area contributed by atoms with Gasteiger partial charge in [0.05, 0.1) is 0 Å². The van der Waals surface area contributed by atoms with Gasteiger partial charge in [-0.2, -0.15) is 0 Å². The van der Waals surface area contributed by atoms with E-state index in [9.17, 15) is 14.7 Å². The van der Waals surface area contributed by atoms with Crippen molar-refractivity contribution < 1.29 is 14.7 Å². The molecular formula is C19H26N2O3. The highest BCUT2D eigenvalue weighted by Crippen LogP contribution is 2.28. The van der Waals surface area contributed by atoms with Crippen molar-refractivity contribution in [3.8, 4) is 0 Å². The van der Waals surface area contributed by atoms with Gasteiger partial charge >= 0.3 is 0 Å². The number of amides is 2. The number of rotatable bonds is 4. The summed E-state index contributed by atoms with van der Waals surface area (Å²) in [5, 5.41) is 9.36. The number of anilines is 1. The van der Waals surface area contributed by atoms with Gasteiger partial charge in [0.1, 0.15) is 0 Å². The summed E-state index contributed by atoms with van der Waals surface area (Å²) < 4.78 is 0. The zero-order chi connectivity index (χ0) is 17.1. The molecule has 1 aromatic rings. The number of benzene rings is 1. The SMILES string of the molecule is CC1CCC(CO)CN1C(=O)CCN1C(=O)CCc2ccccc21. The van der Waals surface area contributed by atoms with Crippen LogP contribution in [0.25, 0.3) is 0 Å². The number of fused-ring (bicyclic) bond motifs is 1. The molecule has 130 valence electrons. The quantitative estimate of drug-likeness (QED) is 0.918. The fourth-order valence-corrected chi connectivity index (χ4v) is 3.77. The third-order valence-corrected chi connectivity index (χ3v) is 5.30. The van der Waals surface area contributed by atoms with Crippen LogP contribution in [0.2, 0.25) is 0 Å². The second-order valence-electron chi connectivity index (χ2n) is 6.95. The molecule has 2 heterocycles. The molecule has 0 spiro atoms. The van der Waals surface area contributed by atoms with Crippen molar-refractivity contribution in [2.75, 3.05) is 24.6 Å². The number of carbonyl (C=O) groups is 2. The summed E-state index contributed by atoms with van der Waals surface area (Å²) in [7, 11) is 0. The molecular weight excluding hydrogens is 304 g/mol. The van der Waals surface area contributed by atoms with Gasteiger partial charge in [-0.05, 0) is 43.7 Å². The summed E-state index contributed by atoms with van der Waals surface area (Å²) in [5.41, 5.74) is 2.12. The molecule has 1 fully saturated rings. The van der Waals surface area contributed by atoms with E-state index in [1.165, 1.54) is 5.56 Å². The predicted octanol–water partition coefficient (Wildman–Crippen LogP) is 1.98. The van der Waals surface area contributed by atoms with E-state index >= 15 is 0 Å². The molecule has 1 saturated heterocycles. The second kappa shape index (κ2) is 7.34. The third-order valence-electron chi connectivity index (χ3n) is 5.30. The minimum absolute atomic E-state index is 0.0801. The van der Waals surface area contributed by atoms with Crippen molar-refractivity contribution in [3.05, 3.63) is 29.8 Å². The Kier molecular flexibility index (Phi) is 5.19.